The van der Waals surface area contributed by atoms with Crippen LogP contribution >= 0.6 is 0 Å². The van der Waals surface area contributed by atoms with Crippen molar-refractivity contribution in [3.63, 3.8) is 0 Å². The number of piperidine rings is 1. The van der Waals surface area contributed by atoms with Crippen LogP contribution in [0.4, 0.5) is 5.69 Å². The smallest absolute Gasteiger partial charge is 0.262 e. The predicted octanol–water partition coefficient (Wildman–Crippen LogP) is 0.0856. The van der Waals surface area contributed by atoms with Gasteiger partial charge in [-0.25, -0.2) is 0 Å². The fourth-order valence-corrected chi connectivity index (χ4v) is 3.18. The number of anilines is 1. The molecule has 138 valence electrons. The Labute approximate surface area is 151 Å². The zero-order valence-electron chi connectivity index (χ0n) is 15.1. The van der Waals surface area contributed by atoms with E-state index < -0.39 is 23.8 Å². The van der Waals surface area contributed by atoms with Gasteiger partial charge in [-0.2, -0.15) is 0 Å². The van der Waals surface area contributed by atoms with Crippen LogP contribution in [0.25, 0.3) is 0 Å². The number of nitrogens with zero attached hydrogens (tertiary/aromatic N) is 3. The maximum Gasteiger partial charge on any atom is 0.262 e. The molecular formula is C18H22N4O4. The lowest BCUT2D eigenvalue weighted by atomic mass is 10.0. The highest BCUT2D eigenvalue weighted by Gasteiger charge is 2.44. The van der Waals surface area contributed by atoms with E-state index in [9.17, 15) is 19.2 Å². The normalized spacial score (nSPS) is 19.8. The molecule has 0 aliphatic carbocycles. The molecule has 2 heterocycles. The van der Waals surface area contributed by atoms with Crippen LogP contribution in [0, 0.1) is 0 Å². The van der Waals surface area contributed by atoms with E-state index >= 15 is 0 Å². The van der Waals surface area contributed by atoms with Gasteiger partial charge in [-0.3, -0.25) is 29.4 Å². The van der Waals surface area contributed by atoms with Gasteiger partial charge in [0, 0.05) is 32.2 Å². The monoisotopic (exact) mass is 358 g/mol. The average Bonchev–Trinajstić information content (AvgIpc) is 2.84. The Morgan fingerprint density at radius 2 is 1.73 bits per heavy atom. The summed E-state index contributed by atoms with van der Waals surface area (Å²) in [5.41, 5.74) is 1.43. The standard InChI is InChI=1S/C18H22N4O4/c1-20(2)8-9-21(3)11-4-5-12-13(10-11)18(26)22(17(12)25)14-6-7-15(23)19-16(14)24/h4-5,10,14H,6-9H2,1-3H3,(H,19,23,24). The van der Waals surface area contributed by atoms with Crippen molar-refractivity contribution in [3.05, 3.63) is 29.3 Å². The summed E-state index contributed by atoms with van der Waals surface area (Å²) in [4.78, 5) is 53.9. The van der Waals surface area contributed by atoms with Gasteiger partial charge in [0.15, 0.2) is 0 Å². The summed E-state index contributed by atoms with van der Waals surface area (Å²) in [6, 6.07) is 4.18. The van der Waals surface area contributed by atoms with E-state index in [1.54, 1.807) is 18.2 Å². The lowest BCUT2D eigenvalue weighted by molar-refractivity contribution is -0.136. The third-order valence-electron chi connectivity index (χ3n) is 4.75. The van der Waals surface area contributed by atoms with E-state index in [0.29, 0.717) is 11.1 Å². The van der Waals surface area contributed by atoms with Crippen molar-refractivity contribution in [2.75, 3.05) is 39.1 Å². The number of carbonyl (C=O) groups is 4. The first-order valence-electron chi connectivity index (χ1n) is 8.51. The number of benzene rings is 1. The molecule has 1 atom stereocenters. The van der Waals surface area contributed by atoms with Gasteiger partial charge in [0.25, 0.3) is 11.8 Å². The molecule has 1 aromatic carbocycles. The number of likely N-dealkylation sites (N-methyl/N-ethyl adjacent to an activating group) is 2. The van der Waals surface area contributed by atoms with E-state index in [1.165, 1.54) is 0 Å². The highest BCUT2D eigenvalue weighted by Crippen LogP contribution is 2.30. The lowest BCUT2D eigenvalue weighted by Crippen LogP contribution is -2.54. The van der Waals surface area contributed by atoms with Gasteiger partial charge >= 0.3 is 0 Å². The van der Waals surface area contributed by atoms with E-state index in [-0.39, 0.29) is 18.7 Å². The van der Waals surface area contributed by atoms with Gasteiger partial charge in [0.2, 0.25) is 11.8 Å². The first kappa shape index (κ1) is 18.1. The quantitative estimate of drug-likeness (QED) is 0.750. The van der Waals surface area contributed by atoms with Crippen LogP contribution in [-0.4, -0.2) is 73.7 Å². The first-order chi connectivity index (χ1) is 12.3. The Kier molecular flexibility index (Phi) is 4.78. The molecular weight excluding hydrogens is 336 g/mol. The maximum absolute atomic E-state index is 12.8. The van der Waals surface area contributed by atoms with Gasteiger partial charge < -0.3 is 9.80 Å². The average molecular weight is 358 g/mol. The number of rotatable bonds is 5. The molecule has 1 unspecified atom stereocenters. The molecule has 0 radical (unpaired) electrons. The second kappa shape index (κ2) is 6.87. The fraction of sp³-hybridized carbons (Fsp3) is 0.444. The van der Waals surface area contributed by atoms with E-state index in [0.717, 1.165) is 23.7 Å². The van der Waals surface area contributed by atoms with Gasteiger partial charge in [0.05, 0.1) is 11.1 Å². The zero-order valence-corrected chi connectivity index (χ0v) is 15.1. The molecule has 1 fully saturated rings. The largest absolute Gasteiger partial charge is 0.373 e. The van der Waals surface area contributed by atoms with Crippen LogP contribution in [0.1, 0.15) is 33.6 Å². The van der Waals surface area contributed by atoms with Crippen molar-refractivity contribution in [1.82, 2.24) is 15.1 Å². The number of fused-ring (bicyclic) bond motifs is 1. The number of hydrogen-bond donors (Lipinski definition) is 1. The second-order valence-corrected chi connectivity index (χ2v) is 6.90. The Hall–Kier alpha value is -2.74. The molecule has 4 amide bonds. The van der Waals surface area contributed by atoms with Crippen molar-refractivity contribution in [1.29, 1.82) is 0 Å². The van der Waals surface area contributed by atoms with Crippen molar-refractivity contribution < 1.29 is 19.2 Å². The lowest BCUT2D eigenvalue weighted by Gasteiger charge is -2.27. The third kappa shape index (κ3) is 3.20. The molecule has 1 N–H and O–H groups in total. The molecule has 0 saturated carbocycles. The zero-order chi connectivity index (χ0) is 19.0. The summed E-state index contributed by atoms with van der Waals surface area (Å²) >= 11 is 0. The molecule has 0 bridgehead atoms. The Morgan fingerprint density at radius 3 is 2.38 bits per heavy atom. The first-order valence-corrected chi connectivity index (χ1v) is 8.51. The summed E-state index contributed by atoms with van der Waals surface area (Å²) in [5.74, 6) is -1.95. The van der Waals surface area contributed by atoms with Crippen LogP contribution in [0.5, 0.6) is 0 Å². The summed E-state index contributed by atoms with van der Waals surface area (Å²) in [6.45, 7) is 1.62. The maximum atomic E-state index is 12.8. The van der Waals surface area contributed by atoms with Crippen molar-refractivity contribution >= 4 is 29.3 Å². The molecule has 3 rings (SSSR count). The van der Waals surface area contributed by atoms with Gasteiger partial charge in [-0.15, -0.1) is 0 Å². The highest BCUT2D eigenvalue weighted by molar-refractivity contribution is 6.23. The fourth-order valence-electron chi connectivity index (χ4n) is 3.18. The van der Waals surface area contributed by atoms with Crippen LogP contribution in [0.15, 0.2) is 18.2 Å². The molecule has 2 aliphatic heterocycles. The summed E-state index contributed by atoms with van der Waals surface area (Å²) in [5, 5.41) is 2.19. The third-order valence-corrected chi connectivity index (χ3v) is 4.75. The van der Waals surface area contributed by atoms with Crippen LogP contribution in [-0.2, 0) is 9.59 Å². The summed E-state index contributed by atoms with van der Waals surface area (Å²) < 4.78 is 0. The van der Waals surface area contributed by atoms with Crippen LogP contribution in [0.2, 0.25) is 0 Å². The molecule has 2 aliphatic rings. The minimum absolute atomic E-state index is 0.113. The van der Waals surface area contributed by atoms with Gasteiger partial charge in [-0.05, 0) is 38.7 Å². The molecule has 1 saturated heterocycles. The topological polar surface area (TPSA) is 90.0 Å². The van der Waals surface area contributed by atoms with Crippen molar-refractivity contribution in [2.45, 2.75) is 18.9 Å². The number of imide groups is 2. The predicted molar refractivity (Wildman–Crippen MR) is 94.9 cm³/mol. The van der Waals surface area contributed by atoms with E-state index in [4.69, 9.17) is 0 Å². The molecule has 26 heavy (non-hydrogen) atoms. The van der Waals surface area contributed by atoms with Crippen molar-refractivity contribution in [2.24, 2.45) is 0 Å². The van der Waals surface area contributed by atoms with E-state index in [2.05, 4.69) is 10.2 Å². The minimum Gasteiger partial charge on any atom is -0.373 e. The molecule has 8 nitrogen and oxygen atoms in total. The minimum atomic E-state index is -0.935. The molecule has 8 heteroatoms. The Balaban J connectivity index is 1.84. The van der Waals surface area contributed by atoms with Crippen molar-refractivity contribution in [3.8, 4) is 0 Å². The van der Waals surface area contributed by atoms with Crippen LogP contribution < -0.4 is 10.2 Å². The summed E-state index contributed by atoms with van der Waals surface area (Å²) in [6.07, 6.45) is 0.272. The molecule has 1 aromatic rings. The Morgan fingerprint density at radius 1 is 1.04 bits per heavy atom. The molecule has 0 spiro atoms. The molecule has 0 aromatic heterocycles. The van der Waals surface area contributed by atoms with Gasteiger partial charge in [0.1, 0.15) is 6.04 Å². The highest BCUT2D eigenvalue weighted by atomic mass is 16.2. The second-order valence-electron chi connectivity index (χ2n) is 6.90. The number of nitrogens with one attached hydrogen (secondary N) is 1. The summed E-state index contributed by atoms with van der Waals surface area (Å²) in [7, 11) is 5.89. The number of amides is 4. The van der Waals surface area contributed by atoms with Gasteiger partial charge in [-0.1, -0.05) is 0 Å². The Bertz CT molecular complexity index is 789. The SMILES string of the molecule is CN(C)CCN(C)c1ccc2c(c1)C(=O)N(C1CCC(=O)NC1=O)C2=O. The number of hydrogen-bond acceptors (Lipinski definition) is 6. The van der Waals surface area contributed by atoms with Crippen LogP contribution in [0.3, 0.4) is 0 Å². The van der Waals surface area contributed by atoms with E-state index in [1.807, 2.05) is 26.0 Å². The number of carbonyl (C=O) groups excluding carboxylic acids is 4.